The molecule has 0 fully saturated rings. The van der Waals surface area contributed by atoms with E-state index in [1.54, 1.807) is 24.3 Å². The number of nitrogens with one attached hydrogen (secondary N) is 1. The molecule has 0 atom stereocenters. The SMILES string of the molecule is C=C/C=C(/Nc1cccc(O)c1)c1cccc(C)c1C=C. The minimum atomic E-state index is 0.228. The van der Waals surface area contributed by atoms with Crippen molar-refractivity contribution in [2.75, 3.05) is 5.32 Å². The van der Waals surface area contributed by atoms with Crippen LogP contribution in [0, 0.1) is 6.92 Å². The third kappa shape index (κ3) is 3.42. The zero-order chi connectivity index (χ0) is 15.2. The maximum absolute atomic E-state index is 9.58. The van der Waals surface area contributed by atoms with Gasteiger partial charge in [0, 0.05) is 23.0 Å². The van der Waals surface area contributed by atoms with Crippen LogP contribution in [0.4, 0.5) is 5.69 Å². The van der Waals surface area contributed by atoms with Crippen molar-refractivity contribution < 1.29 is 5.11 Å². The van der Waals surface area contributed by atoms with E-state index in [-0.39, 0.29) is 5.75 Å². The predicted octanol–water partition coefficient (Wildman–Crippen LogP) is 4.98. The monoisotopic (exact) mass is 277 g/mol. The normalized spacial score (nSPS) is 11.0. The average Bonchev–Trinajstić information content (AvgIpc) is 2.46. The van der Waals surface area contributed by atoms with Gasteiger partial charge in [-0.25, -0.2) is 0 Å². The van der Waals surface area contributed by atoms with Crippen molar-refractivity contribution in [1.29, 1.82) is 0 Å². The molecule has 106 valence electrons. The van der Waals surface area contributed by atoms with Crippen LogP contribution >= 0.6 is 0 Å². The Morgan fingerprint density at radius 2 is 1.90 bits per heavy atom. The molecule has 0 spiro atoms. The Labute approximate surface area is 125 Å². The van der Waals surface area contributed by atoms with Gasteiger partial charge in [0.25, 0.3) is 0 Å². The van der Waals surface area contributed by atoms with E-state index in [2.05, 4.69) is 31.5 Å². The van der Waals surface area contributed by atoms with E-state index < -0.39 is 0 Å². The molecule has 0 bridgehead atoms. The quantitative estimate of drug-likeness (QED) is 0.755. The van der Waals surface area contributed by atoms with Crippen molar-refractivity contribution in [3.8, 4) is 5.75 Å². The van der Waals surface area contributed by atoms with E-state index >= 15 is 0 Å². The Morgan fingerprint density at radius 3 is 2.57 bits per heavy atom. The van der Waals surface area contributed by atoms with Gasteiger partial charge in [0.15, 0.2) is 0 Å². The first-order valence-corrected chi connectivity index (χ1v) is 6.77. The number of benzene rings is 2. The van der Waals surface area contributed by atoms with Crippen molar-refractivity contribution in [2.24, 2.45) is 0 Å². The number of allylic oxidation sites excluding steroid dienone is 2. The predicted molar refractivity (Wildman–Crippen MR) is 91.2 cm³/mol. The lowest BCUT2D eigenvalue weighted by Crippen LogP contribution is -2.01. The zero-order valence-corrected chi connectivity index (χ0v) is 12.1. The van der Waals surface area contributed by atoms with E-state index in [4.69, 9.17) is 0 Å². The highest BCUT2D eigenvalue weighted by molar-refractivity contribution is 5.83. The van der Waals surface area contributed by atoms with Gasteiger partial charge in [-0.2, -0.15) is 0 Å². The van der Waals surface area contributed by atoms with E-state index in [0.29, 0.717) is 0 Å². The van der Waals surface area contributed by atoms with Crippen molar-refractivity contribution >= 4 is 17.5 Å². The summed E-state index contributed by atoms with van der Waals surface area (Å²) in [6.45, 7) is 9.72. The molecule has 0 radical (unpaired) electrons. The van der Waals surface area contributed by atoms with Gasteiger partial charge in [-0.15, -0.1) is 0 Å². The highest BCUT2D eigenvalue weighted by Crippen LogP contribution is 2.26. The summed E-state index contributed by atoms with van der Waals surface area (Å²) in [5.41, 5.74) is 5.02. The molecule has 2 aromatic carbocycles. The van der Waals surface area contributed by atoms with Crippen LogP contribution in [-0.4, -0.2) is 5.11 Å². The van der Waals surface area contributed by atoms with Gasteiger partial charge in [-0.3, -0.25) is 0 Å². The Balaban J connectivity index is 2.46. The summed E-state index contributed by atoms with van der Waals surface area (Å²) in [4.78, 5) is 0. The Morgan fingerprint density at radius 1 is 1.14 bits per heavy atom. The van der Waals surface area contributed by atoms with Gasteiger partial charge in [0.05, 0.1) is 0 Å². The molecule has 2 aromatic rings. The average molecular weight is 277 g/mol. The van der Waals surface area contributed by atoms with Crippen LogP contribution in [0.25, 0.3) is 11.8 Å². The summed E-state index contributed by atoms with van der Waals surface area (Å²) in [6.07, 6.45) is 5.50. The molecule has 2 nitrogen and oxygen atoms in total. The number of hydrogen-bond donors (Lipinski definition) is 2. The van der Waals surface area contributed by atoms with E-state index in [0.717, 1.165) is 28.1 Å². The summed E-state index contributed by atoms with van der Waals surface area (Å²) in [5, 5.41) is 12.9. The van der Waals surface area contributed by atoms with Gasteiger partial charge in [-0.1, -0.05) is 49.6 Å². The molecule has 2 N–H and O–H groups in total. The first kappa shape index (κ1) is 14.7. The largest absolute Gasteiger partial charge is 0.508 e. The molecular weight excluding hydrogens is 258 g/mol. The molecule has 2 heteroatoms. The number of anilines is 1. The number of hydrogen-bond acceptors (Lipinski definition) is 2. The summed E-state index contributed by atoms with van der Waals surface area (Å²) < 4.78 is 0. The van der Waals surface area contributed by atoms with Gasteiger partial charge >= 0.3 is 0 Å². The number of rotatable bonds is 5. The summed E-state index contributed by atoms with van der Waals surface area (Å²) >= 11 is 0. The van der Waals surface area contributed by atoms with Gasteiger partial charge in [0.2, 0.25) is 0 Å². The highest BCUT2D eigenvalue weighted by atomic mass is 16.3. The molecule has 0 aromatic heterocycles. The molecule has 0 aliphatic rings. The van der Waals surface area contributed by atoms with Crippen LogP contribution in [0.5, 0.6) is 5.75 Å². The molecule has 0 heterocycles. The molecule has 0 unspecified atom stereocenters. The Hall–Kier alpha value is -2.74. The topological polar surface area (TPSA) is 32.3 Å². The number of aryl methyl sites for hydroxylation is 1. The standard InChI is InChI=1S/C19H19NO/c1-4-8-19(20-15-10-7-11-16(21)13-15)18-12-6-9-14(3)17(18)5-2/h4-13,20-21H,1-2H2,3H3/b19-8+. The fourth-order valence-corrected chi connectivity index (χ4v) is 2.24. The number of phenolic OH excluding ortho intramolecular Hbond substituents is 1. The summed E-state index contributed by atoms with van der Waals surface area (Å²) in [6, 6.07) is 13.1. The molecule has 0 aliphatic carbocycles. The molecular formula is C19H19NO. The first-order valence-electron chi connectivity index (χ1n) is 6.77. The minimum Gasteiger partial charge on any atom is -0.508 e. The van der Waals surface area contributed by atoms with E-state index in [1.165, 1.54) is 0 Å². The number of aromatic hydroxyl groups is 1. The maximum atomic E-state index is 9.58. The second-order valence-corrected chi connectivity index (χ2v) is 4.73. The van der Waals surface area contributed by atoms with Crippen molar-refractivity contribution in [3.63, 3.8) is 0 Å². The van der Waals surface area contributed by atoms with Crippen LogP contribution in [-0.2, 0) is 0 Å². The minimum absolute atomic E-state index is 0.228. The van der Waals surface area contributed by atoms with Crippen molar-refractivity contribution in [3.05, 3.63) is 84.5 Å². The molecule has 0 saturated carbocycles. The lowest BCUT2D eigenvalue weighted by molar-refractivity contribution is 0.475. The lowest BCUT2D eigenvalue weighted by Gasteiger charge is -2.15. The fraction of sp³-hybridized carbons (Fsp3) is 0.0526. The van der Waals surface area contributed by atoms with Crippen molar-refractivity contribution in [2.45, 2.75) is 6.92 Å². The van der Waals surface area contributed by atoms with E-state index in [9.17, 15) is 5.11 Å². The smallest absolute Gasteiger partial charge is 0.117 e. The first-order chi connectivity index (χ1) is 10.2. The zero-order valence-electron chi connectivity index (χ0n) is 12.1. The molecule has 0 amide bonds. The van der Waals surface area contributed by atoms with Crippen LogP contribution in [0.3, 0.4) is 0 Å². The second kappa shape index (κ2) is 6.62. The van der Waals surface area contributed by atoms with Crippen LogP contribution in [0.1, 0.15) is 16.7 Å². The molecule has 21 heavy (non-hydrogen) atoms. The molecule has 2 rings (SSSR count). The molecule has 0 aliphatic heterocycles. The fourth-order valence-electron chi connectivity index (χ4n) is 2.24. The lowest BCUT2D eigenvalue weighted by atomic mass is 9.99. The van der Waals surface area contributed by atoms with Crippen LogP contribution < -0.4 is 5.32 Å². The van der Waals surface area contributed by atoms with Gasteiger partial charge in [-0.05, 0) is 36.3 Å². The summed E-state index contributed by atoms with van der Waals surface area (Å²) in [5.74, 6) is 0.228. The Kier molecular flexibility index (Phi) is 4.62. The summed E-state index contributed by atoms with van der Waals surface area (Å²) in [7, 11) is 0. The van der Waals surface area contributed by atoms with E-state index in [1.807, 2.05) is 30.4 Å². The van der Waals surface area contributed by atoms with Crippen LogP contribution in [0.2, 0.25) is 0 Å². The Bertz CT molecular complexity index is 698. The third-order valence-electron chi connectivity index (χ3n) is 3.23. The van der Waals surface area contributed by atoms with Crippen LogP contribution in [0.15, 0.2) is 67.8 Å². The highest BCUT2D eigenvalue weighted by Gasteiger charge is 2.08. The van der Waals surface area contributed by atoms with Crippen molar-refractivity contribution in [1.82, 2.24) is 0 Å². The third-order valence-corrected chi connectivity index (χ3v) is 3.23. The maximum Gasteiger partial charge on any atom is 0.117 e. The number of phenols is 1. The second-order valence-electron chi connectivity index (χ2n) is 4.73. The molecule has 0 saturated heterocycles. The van der Waals surface area contributed by atoms with Gasteiger partial charge in [0.1, 0.15) is 5.75 Å². The van der Waals surface area contributed by atoms with Gasteiger partial charge < -0.3 is 10.4 Å².